The topological polar surface area (TPSA) is 57.7 Å². The normalized spacial score (nSPS) is 13.9. The van der Waals surface area contributed by atoms with Crippen LogP contribution in [0.1, 0.15) is 17.4 Å². The molecule has 6 nitrogen and oxygen atoms in total. The molecule has 1 aliphatic rings. The average molecular weight is 443 g/mol. The van der Waals surface area contributed by atoms with Gasteiger partial charge in [-0.25, -0.2) is 4.98 Å². The van der Waals surface area contributed by atoms with Crippen LogP contribution in [0.5, 0.6) is 5.75 Å². The number of benzene rings is 2. The Balaban J connectivity index is 1.33. The zero-order valence-corrected chi connectivity index (χ0v) is 18.2. The molecule has 156 valence electrons. The number of piperazine rings is 1. The first-order valence-electron chi connectivity index (χ1n) is 9.87. The van der Waals surface area contributed by atoms with E-state index in [-0.39, 0.29) is 5.91 Å². The molecule has 30 heavy (non-hydrogen) atoms. The number of nitrogens with zero attached hydrogens (tertiary/aromatic N) is 3. The molecule has 0 aliphatic carbocycles. The maximum atomic E-state index is 12.9. The van der Waals surface area contributed by atoms with Crippen LogP contribution in [0.3, 0.4) is 0 Å². The number of ether oxygens (including phenoxy) is 1. The molecule has 1 aliphatic heterocycles. The molecule has 1 saturated heterocycles. The summed E-state index contributed by atoms with van der Waals surface area (Å²) < 4.78 is 5.45. The van der Waals surface area contributed by atoms with E-state index in [1.165, 1.54) is 11.3 Å². The van der Waals surface area contributed by atoms with Crippen molar-refractivity contribution in [3.05, 3.63) is 64.6 Å². The lowest BCUT2D eigenvalue weighted by Crippen LogP contribution is -2.48. The van der Waals surface area contributed by atoms with Crippen LogP contribution >= 0.6 is 22.9 Å². The SMILES string of the molecule is CCOc1ccc(Nc2nc(C(=O)N3CCN(c4ccc(Cl)cc4)CC3)cs2)cc1. The third-order valence-electron chi connectivity index (χ3n) is 4.90. The smallest absolute Gasteiger partial charge is 0.273 e. The number of carbonyl (C=O) groups excluding carboxylic acids is 1. The van der Waals surface area contributed by atoms with Crippen LogP contribution in [0.15, 0.2) is 53.9 Å². The molecule has 4 rings (SSSR count). The van der Waals surface area contributed by atoms with Gasteiger partial charge in [0.2, 0.25) is 0 Å². The Kier molecular flexibility index (Phi) is 6.40. The number of anilines is 3. The molecule has 0 spiro atoms. The molecule has 0 bridgehead atoms. The van der Waals surface area contributed by atoms with Crippen molar-refractivity contribution < 1.29 is 9.53 Å². The van der Waals surface area contributed by atoms with Crippen molar-refractivity contribution in [2.24, 2.45) is 0 Å². The molecule has 1 fully saturated rings. The van der Waals surface area contributed by atoms with Gasteiger partial charge in [0.25, 0.3) is 5.91 Å². The molecule has 0 saturated carbocycles. The molecule has 1 aromatic heterocycles. The predicted molar refractivity (Wildman–Crippen MR) is 123 cm³/mol. The fourth-order valence-corrected chi connectivity index (χ4v) is 4.17. The van der Waals surface area contributed by atoms with E-state index >= 15 is 0 Å². The monoisotopic (exact) mass is 442 g/mol. The zero-order chi connectivity index (χ0) is 20.9. The highest BCUT2D eigenvalue weighted by molar-refractivity contribution is 7.14. The van der Waals surface area contributed by atoms with Gasteiger partial charge in [0.1, 0.15) is 11.4 Å². The van der Waals surface area contributed by atoms with Gasteiger partial charge < -0.3 is 19.9 Å². The van der Waals surface area contributed by atoms with Crippen molar-refractivity contribution in [3.63, 3.8) is 0 Å². The summed E-state index contributed by atoms with van der Waals surface area (Å²) in [6, 6.07) is 15.5. The summed E-state index contributed by atoms with van der Waals surface area (Å²) in [6.45, 7) is 5.50. The number of thiazole rings is 1. The minimum Gasteiger partial charge on any atom is -0.494 e. The van der Waals surface area contributed by atoms with E-state index in [9.17, 15) is 4.79 Å². The second-order valence-electron chi connectivity index (χ2n) is 6.88. The lowest BCUT2D eigenvalue weighted by atomic mass is 10.2. The number of hydrogen-bond acceptors (Lipinski definition) is 6. The second-order valence-corrected chi connectivity index (χ2v) is 8.17. The quantitative estimate of drug-likeness (QED) is 0.588. The Bertz CT molecular complexity index is 983. The van der Waals surface area contributed by atoms with Crippen LogP contribution < -0.4 is 15.0 Å². The molecule has 0 unspecified atom stereocenters. The average Bonchev–Trinajstić information content (AvgIpc) is 3.24. The summed E-state index contributed by atoms with van der Waals surface area (Å²) in [5.74, 6) is 0.803. The molecule has 1 amide bonds. The zero-order valence-electron chi connectivity index (χ0n) is 16.7. The first-order valence-corrected chi connectivity index (χ1v) is 11.1. The largest absolute Gasteiger partial charge is 0.494 e. The summed E-state index contributed by atoms with van der Waals surface area (Å²) in [5, 5.41) is 6.48. The number of halogens is 1. The van der Waals surface area contributed by atoms with Crippen LogP contribution in [0.2, 0.25) is 5.02 Å². The number of nitrogens with one attached hydrogen (secondary N) is 1. The number of hydrogen-bond donors (Lipinski definition) is 1. The van der Waals surface area contributed by atoms with Crippen LogP contribution in [-0.2, 0) is 0 Å². The maximum absolute atomic E-state index is 12.9. The van der Waals surface area contributed by atoms with Gasteiger partial charge in [-0.3, -0.25) is 4.79 Å². The highest BCUT2D eigenvalue weighted by Gasteiger charge is 2.24. The van der Waals surface area contributed by atoms with Gasteiger partial charge in [-0.2, -0.15) is 0 Å². The highest BCUT2D eigenvalue weighted by atomic mass is 35.5. The maximum Gasteiger partial charge on any atom is 0.273 e. The van der Waals surface area contributed by atoms with Gasteiger partial charge in [-0.1, -0.05) is 11.6 Å². The third-order valence-corrected chi connectivity index (χ3v) is 5.91. The second kappa shape index (κ2) is 9.36. The Hall–Kier alpha value is -2.77. The number of carbonyl (C=O) groups is 1. The Morgan fingerprint density at radius 3 is 2.47 bits per heavy atom. The van der Waals surface area contributed by atoms with Crippen LogP contribution in [0.25, 0.3) is 0 Å². The molecule has 2 aromatic carbocycles. The summed E-state index contributed by atoms with van der Waals surface area (Å²) in [4.78, 5) is 21.5. The molecular formula is C22H23ClN4O2S. The Morgan fingerprint density at radius 1 is 1.10 bits per heavy atom. The van der Waals surface area contributed by atoms with Crippen molar-refractivity contribution in [1.29, 1.82) is 0 Å². The van der Waals surface area contributed by atoms with Crippen LogP contribution in [0, 0.1) is 0 Å². The van der Waals surface area contributed by atoms with Crippen molar-refractivity contribution in [3.8, 4) is 5.75 Å². The van der Waals surface area contributed by atoms with Gasteiger partial charge in [0, 0.05) is 48.0 Å². The van der Waals surface area contributed by atoms with E-state index in [1.54, 1.807) is 0 Å². The molecule has 1 N–H and O–H groups in total. The van der Waals surface area contributed by atoms with Gasteiger partial charge in [-0.05, 0) is 55.5 Å². The predicted octanol–water partition coefficient (Wildman–Crippen LogP) is 4.90. The molecule has 0 atom stereocenters. The van der Waals surface area contributed by atoms with Crippen molar-refractivity contribution in [2.75, 3.05) is 43.0 Å². The first kappa shape index (κ1) is 20.5. The van der Waals surface area contributed by atoms with Gasteiger partial charge in [0.15, 0.2) is 5.13 Å². The van der Waals surface area contributed by atoms with Crippen molar-refractivity contribution >= 4 is 45.4 Å². The van der Waals surface area contributed by atoms with Gasteiger partial charge in [0.05, 0.1) is 6.61 Å². The fraction of sp³-hybridized carbons (Fsp3) is 0.273. The van der Waals surface area contributed by atoms with E-state index < -0.39 is 0 Å². The summed E-state index contributed by atoms with van der Waals surface area (Å²) in [5.41, 5.74) is 2.51. The van der Waals surface area contributed by atoms with Crippen LogP contribution in [-0.4, -0.2) is 48.6 Å². The van der Waals surface area contributed by atoms with E-state index in [0.717, 1.165) is 35.2 Å². The Labute approximate surface area is 185 Å². The van der Waals surface area contributed by atoms with Gasteiger partial charge in [-0.15, -0.1) is 11.3 Å². The Morgan fingerprint density at radius 2 is 1.80 bits per heavy atom. The third kappa shape index (κ3) is 4.86. The molecule has 3 aromatic rings. The lowest BCUT2D eigenvalue weighted by molar-refractivity contribution is 0.0742. The number of aromatic nitrogens is 1. The summed E-state index contributed by atoms with van der Waals surface area (Å²) in [6.07, 6.45) is 0. The number of amides is 1. The van der Waals surface area contributed by atoms with E-state index in [4.69, 9.17) is 16.3 Å². The molecular weight excluding hydrogens is 420 g/mol. The minimum absolute atomic E-state index is 0.0262. The number of rotatable bonds is 6. The highest BCUT2D eigenvalue weighted by Crippen LogP contribution is 2.24. The lowest BCUT2D eigenvalue weighted by Gasteiger charge is -2.35. The van der Waals surface area contributed by atoms with Crippen LogP contribution in [0.4, 0.5) is 16.5 Å². The summed E-state index contributed by atoms with van der Waals surface area (Å²) in [7, 11) is 0. The molecule has 2 heterocycles. The standard InChI is InChI=1S/C22H23ClN4O2S/c1-2-29-19-9-5-17(6-10-19)24-22-25-20(15-30-22)21(28)27-13-11-26(12-14-27)18-7-3-16(23)4-8-18/h3-10,15H,2,11-14H2,1H3,(H,24,25). The first-order chi connectivity index (χ1) is 14.6. The minimum atomic E-state index is -0.0262. The summed E-state index contributed by atoms with van der Waals surface area (Å²) >= 11 is 7.39. The van der Waals surface area contributed by atoms with Crippen molar-refractivity contribution in [2.45, 2.75) is 6.92 Å². The van der Waals surface area contributed by atoms with E-state index in [2.05, 4.69) is 15.2 Å². The van der Waals surface area contributed by atoms with E-state index in [0.29, 0.717) is 30.5 Å². The van der Waals surface area contributed by atoms with E-state index in [1.807, 2.05) is 65.7 Å². The fourth-order valence-electron chi connectivity index (χ4n) is 3.34. The van der Waals surface area contributed by atoms with Gasteiger partial charge >= 0.3 is 0 Å². The van der Waals surface area contributed by atoms with Crippen molar-refractivity contribution in [1.82, 2.24) is 9.88 Å². The molecule has 0 radical (unpaired) electrons. The molecule has 8 heteroatoms.